The number of rotatable bonds is 5. The summed E-state index contributed by atoms with van der Waals surface area (Å²) in [4.78, 5) is 22.8. The molecule has 2 heterocycles. The van der Waals surface area contributed by atoms with E-state index in [0.29, 0.717) is 29.7 Å². The maximum absolute atomic E-state index is 11.9. The van der Waals surface area contributed by atoms with Gasteiger partial charge in [0.25, 0.3) is 0 Å². The molecule has 0 bridgehead atoms. The van der Waals surface area contributed by atoms with Crippen LogP contribution < -0.4 is 16.0 Å². The molecule has 1 aromatic carbocycles. The van der Waals surface area contributed by atoms with Crippen molar-refractivity contribution >= 4 is 29.0 Å². The first-order chi connectivity index (χ1) is 12.6. The van der Waals surface area contributed by atoms with E-state index < -0.39 is 0 Å². The van der Waals surface area contributed by atoms with Crippen molar-refractivity contribution in [2.45, 2.75) is 39.2 Å². The monoisotopic (exact) mass is 355 g/mol. The average molecular weight is 355 g/mol. The highest BCUT2D eigenvalue weighted by Crippen LogP contribution is 2.32. The Bertz CT molecular complexity index is 780. The number of nitrogens with two attached hydrogens (primary N) is 1. The first kappa shape index (κ1) is 18.0. The molecular weight excluding hydrogens is 330 g/mol. The maximum Gasteiger partial charge on any atom is 0.338 e. The van der Waals surface area contributed by atoms with Crippen molar-refractivity contribution in [3.05, 3.63) is 36.2 Å². The van der Waals surface area contributed by atoms with Crippen molar-refractivity contribution in [2.75, 3.05) is 29.1 Å². The molecule has 138 valence electrons. The van der Waals surface area contributed by atoms with Crippen LogP contribution in [0.25, 0.3) is 0 Å². The average Bonchev–Trinajstić information content (AvgIpc) is 2.65. The van der Waals surface area contributed by atoms with Crippen LogP contribution in [-0.4, -0.2) is 35.1 Å². The molecule has 0 aliphatic carbocycles. The lowest BCUT2D eigenvalue weighted by molar-refractivity contribution is 0.0526. The van der Waals surface area contributed by atoms with Gasteiger partial charge in [-0.05, 0) is 51.3 Å². The molecule has 1 aliphatic rings. The van der Waals surface area contributed by atoms with Crippen molar-refractivity contribution in [3.8, 4) is 0 Å². The number of aromatic nitrogens is 2. The summed E-state index contributed by atoms with van der Waals surface area (Å²) in [7, 11) is 0. The molecule has 0 saturated carbocycles. The number of nitrogens with zero attached hydrogens (tertiary/aromatic N) is 3. The van der Waals surface area contributed by atoms with Crippen LogP contribution >= 0.6 is 0 Å². The molecule has 1 aromatic heterocycles. The van der Waals surface area contributed by atoms with Crippen molar-refractivity contribution < 1.29 is 9.53 Å². The van der Waals surface area contributed by atoms with Gasteiger partial charge in [-0.15, -0.1) is 0 Å². The molecule has 3 N–H and O–H groups in total. The lowest BCUT2D eigenvalue weighted by Crippen LogP contribution is -2.38. The summed E-state index contributed by atoms with van der Waals surface area (Å²) in [5.74, 6) is 0.944. The van der Waals surface area contributed by atoms with Gasteiger partial charge in [0.05, 0.1) is 12.2 Å². The Kier molecular flexibility index (Phi) is 5.55. The minimum Gasteiger partial charge on any atom is -0.462 e. The smallest absolute Gasteiger partial charge is 0.338 e. The van der Waals surface area contributed by atoms with Crippen LogP contribution in [0.15, 0.2) is 30.6 Å². The number of esters is 1. The van der Waals surface area contributed by atoms with E-state index in [1.807, 2.05) is 6.07 Å². The van der Waals surface area contributed by atoms with Gasteiger partial charge in [-0.3, -0.25) is 0 Å². The highest BCUT2D eigenvalue weighted by Gasteiger charge is 2.23. The zero-order chi connectivity index (χ0) is 18.5. The summed E-state index contributed by atoms with van der Waals surface area (Å²) in [6.07, 6.45) is 5.02. The number of anilines is 4. The second kappa shape index (κ2) is 8.03. The van der Waals surface area contributed by atoms with E-state index >= 15 is 0 Å². The minimum atomic E-state index is -0.352. The Morgan fingerprint density at radius 1 is 1.38 bits per heavy atom. The highest BCUT2D eigenvalue weighted by molar-refractivity contribution is 5.91. The Morgan fingerprint density at radius 2 is 2.23 bits per heavy atom. The fourth-order valence-corrected chi connectivity index (χ4v) is 3.20. The Hall–Kier alpha value is -2.83. The van der Waals surface area contributed by atoms with Gasteiger partial charge in [0.2, 0.25) is 0 Å². The molecular formula is C19H25N5O2. The molecule has 7 heteroatoms. The van der Waals surface area contributed by atoms with Gasteiger partial charge in [-0.25, -0.2) is 14.8 Å². The molecule has 1 aliphatic heterocycles. The number of piperidine rings is 1. The van der Waals surface area contributed by atoms with Crippen LogP contribution in [0.5, 0.6) is 0 Å². The third-order valence-electron chi connectivity index (χ3n) is 4.57. The molecule has 1 atom stereocenters. The number of benzene rings is 1. The SMILES string of the molecule is CCOC(=O)c1cccc(Nc2ncnc(N3CCCCC3C)c2N)c1. The molecule has 2 aromatic rings. The molecule has 1 saturated heterocycles. The van der Waals surface area contributed by atoms with Crippen molar-refractivity contribution in [1.29, 1.82) is 0 Å². The van der Waals surface area contributed by atoms with Crippen LogP contribution in [0.3, 0.4) is 0 Å². The summed E-state index contributed by atoms with van der Waals surface area (Å²) >= 11 is 0. The van der Waals surface area contributed by atoms with Gasteiger partial charge < -0.3 is 20.7 Å². The van der Waals surface area contributed by atoms with E-state index in [1.165, 1.54) is 12.7 Å². The standard InChI is InChI=1S/C19H25N5O2/c1-3-26-19(25)14-8-6-9-15(11-14)23-17-16(20)18(22-12-21-17)24-10-5-4-7-13(24)2/h6,8-9,11-13H,3-5,7,10,20H2,1-2H3,(H,21,22,23). The van der Waals surface area contributed by atoms with E-state index in [2.05, 4.69) is 27.1 Å². The van der Waals surface area contributed by atoms with Crippen molar-refractivity contribution in [2.24, 2.45) is 0 Å². The molecule has 1 fully saturated rings. The first-order valence-corrected chi connectivity index (χ1v) is 9.01. The highest BCUT2D eigenvalue weighted by atomic mass is 16.5. The number of hydrogen-bond acceptors (Lipinski definition) is 7. The number of carbonyl (C=O) groups excluding carboxylic acids is 1. The van der Waals surface area contributed by atoms with Gasteiger partial charge in [0.1, 0.15) is 12.0 Å². The molecule has 26 heavy (non-hydrogen) atoms. The molecule has 0 spiro atoms. The van der Waals surface area contributed by atoms with Crippen LogP contribution in [0.1, 0.15) is 43.5 Å². The normalized spacial score (nSPS) is 17.0. The van der Waals surface area contributed by atoms with Crippen LogP contribution in [0.4, 0.5) is 23.0 Å². The zero-order valence-electron chi connectivity index (χ0n) is 15.2. The molecule has 0 radical (unpaired) electrons. The second-order valence-electron chi connectivity index (χ2n) is 6.42. The number of nitrogens with one attached hydrogen (secondary N) is 1. The van der Waals surface area contributed by atoms with Crippen LogP contribution in [-0.2, 0) is 4.74 Å². The van der Waals surface area contributed by atoms with Gasteiger partial charge >= 0.3 is 5.97 Å². The van der Waals surface area contributed by atoms with Gasteiger partial charge in [0.15, 0.2) is 11.6 Å². The second-order valence-corrected chi connectivity index (χ2v) is 6.42. The Morgan fingerprint density at radius 3 is 3.00 bits per heavy atom. The third-order valence-corrected chi connectivity index (χ3v) is 4.57. The summed E-state index contributed by atoms with van der Waals surface area (Å²) in [6.45, 7) is 5.26. The predicted molar refractivity (Wildman–Crippen MR) is 103 cm³/mol. The summed E-state index contributed by atoms with van der Waals surface area (Å²) < 4.78 is 5.04. The fraction of sp³-hybridized carbons (Fsp3) is 0.421. The third kappa shape index (κ3) is 3.87. The lowest BCUT2D eigenvalue weighted by Gasteiger charge is -2.35. The summed E-state index contributed by atoms with van der Waals surface area (Å²) in [6, 6.07) is 7.49. The quantitative estimate of drug-likeness (QED) is 0.794. The summed E-state index contributed by atoms with van der Waals surface area (Å²) in [5.41, 5.74) is 8.07. The topological polar surface area (TPSA) is 93.4 Å². The number of nitrogen functional groups attached to an aromatic ring is 1. The van der Waals surface area contributed by atoms with Crippen molar-refractivity contribution in [1.82, 2.24) is 9.97 Å². The van der Waals surface area contributed by atoms with E-state index in [-0.39, 0.29) is 5.97 Å². The first-order valence-electron chi connectivity index (χ1n) is 9.01. The predicted octanol–water partition coefficient (Wildman–Crippen LogP) is 3.36. The molecule has 1 unspecified atom stereocenters. The van der Waals surface area contributed by atoms with Crippen LogP contribution in [0, 0.1) is 0 Å². The van der Waals surface area contributed by atoms with Gasteiger partial charge in [-0.2, -0.15) is 0 Å². The molecule has 3 rings (SSSR count). The van der Waals surface area contributed by atoms with Crippen LogP contribution in [0.2, 0.25) is 0 Å². The largest absolute Gasteiger partial charge is 0.462 e. The van der Waals surface area contributed by atoms with Crippen molar-refractivity contribution in [3.63, 3.8) is 0 Å². The summed E-state index contributed by atoms with van der Waals surface area (Å²) in [5, 5.41) is 3.19. The van der Waals surface area contributed by atoms with Gasteiger partial charge in [-0.1, -0.05) is 6.07 Å². The number of ether oxygens (including phenoxy) is 1. The molecule has 7 nitrogen and oxygen atoms in total. The number of carbonyl (C=O) groups is 1. The maximum atomic E-state index is 11.9. The van der Waals surface area contributed by atoms with Gasteiger partial charge in [0, 0.05) is 18.3 Å². The Balaban J connectivity index is 1.83. The Labute approximate surface area is 153 Å². The fourth-order valence-electron chi connectivity index (χ4n) is 3.20. The van der Waals surface area contributed by atoms with E-state index in [0.717, 1.165) is 30.9 Å². The minimum absolute atomic E-state index is 0.340. The van der Waals surface area contributed by atoms with E-state index in [4.69, 9.17) is 10.5 Å². The van der Waals surface area contributed by atoms with E-state index in [1.54, 1.807) is 25.1 Å². The zero-order valence-corrected chi connectivity index (χ0v) is 15.2. The number of hydrogen-bond donors (Lipinski definition) is 2. The van der Waals surface area contributed by atoms with E-state index in [9.17, 15) is 4.79 Å². The lowest BCUT2D eigenvalue weighted by atomic mass is 10.0. The molecule has 0 amide bonds.